The Morgan fingerprint density at radius 2 is 1.74 bits per heavy atom. The van der Waals surface area contributed by atoms with Crippen molar-refractivity contribution < 1.29 is 4.79 Å². The molecule has 0 bridgehead atoms. The van der Waals surface area contributed by atoms with Crippen molar-refractivity contribution in [3.63, 3.8) is 0 Å². The first-order chi connectivity index (χ1) is 9.11. The number of carbonyl (C=O) groups is 1. The Labute approximate surface area is 117 Å². The number of hydrogen-bond acceptors (Lipinski definition) is 4. The Hall–Kier alpha value is -0.650. The van der Waals surface area contributed by atoms with Gasteiger partial charge in [0.05, 0.1) is 0 Å². The van der Waals surface area contributed by atoms with E-state index >= 15 is 0 Å². The van der Waals surface area contributed by atoms with Crippen molar-refractivity contribution in [3.8, 4) is 0 Å². The van der Waals surface area contributed by atoms with E-state index in [0.29, 0.717) is 6.42 Å². The Morgan fingerprint density at radius 3 is 2.32 bits per heavy atom. The van der Waals surface area contributed by atoms with E-state index in [1.54, 1.807) is 0 Å². The average molecular weight is 270 g/mol. The second kappa shape index (κ2) is 9.28. The second-order valence-electron chi connectivity index (χ2n) is 5.91. The van der Waals surface area contributed by atoms with E-state index < -0.39 is 0 Å². The number of unbranched alkanes of at least 4 members (excludes halogenated alkanes) is 2. The average Bonchev–Trinajstić information content (AvgIpc) is 2.39. The molecule has 0 spiro atoms. The summed E-state index contributed by atoms with van der Waals surface area (Å²) in [6.07, 6.45) is 3.79. The molecule has 0 aromatic rings. The van der Waals surface area contributed by atoms with Gasteiger partial charge >= 0.3 is 0 Å². The van der Waals surface area contributed by atoms with Gasteiger partial charge in [0.2, 0.25) is 5.91 Å². The van der Waals surface area contributed by atoms with Gasteiger partial charge in [-0.25, -0.2) is 5.84 Å². The quantitative estimate of drug-likeness (QED) is 0.296. The van der Waals surface area contributed by atoms with Crippen molar-refractivity contribution in [2.24, 2.45) is 11.8 Å². The molecule has 0 aromatic carbocycles. The van der Waals surface area contributed by atoms with Crippen molar-refractivity contribution >= 4 is 5.91 Å². The molecule has 3 N–H and O–H groups in total. The lowest BCUT2D eigenvalue weighted by atomic mass is 10.1. The van der Waals surface area contributed by atoms with E-state index in [4.69, 9.17) is 5.84 Å². The van der Waals surface area contributed by atoms with E-state index in [1.165, 1.54) is 45.7 Å². The number of piperazine rings is 1. The lowest BCUT2D eigenvalue weighted by Gasteiger charge is -2.35. The van der Waals surface area contributed by atoms with Crippen molar-refractivity contribution in [1.29, 1.82) is 0 Å². The summed E-state index contributed by atoms with van der Waals surface area (Å²) in [7, 11) is 0. The summed E-state index contributed by atoms with van der Waals surface area (Å²) >= 11 is 0. The number of nitrogens with one attached hydrogen (secondary N) is 1. The number of rotatable bonds is 8. The Kier molecular flexibility index (Phi) is 8.02. The van der Waals surface area contributed by atoms with E-state index in [-0.39, 0.29) is 5.91 Å². The minimum atomic E-state index is -0.0534. The molecule has 112 valence electrons. The molecule has 0 aromatic heterocycles. The Morgan fingerprint density at radius 1 is 1.11 bits per heavy atom. The van der Waals surface area contributed by atoms with Crippen LogP contribution in [-0.4, -0.2) is 55.0 Å². The monoisotopic (exact) mass is 270 g/mol. The van der Waals surface area contributed by atoms with Crippen LogP contribution < -0.4 is 11.3 Å². The maximum atomic E-state index is 10.9. The molecule has 1 saturated heterocycles. The molecule has 1 fully saturated rings. The summed E-state index contributed by atoms with van der Waals surface area (Å²) in [6.45, 7) is 11.7. The van der Waals surface area contributed by atoms with E-state index in [0.717, 1.165) is 18.8 Å². The fourth-order valence-corrected chi connectivity index (χ4v) is 2.58. The molecule has 0 saturated carbocycles. The van der Waals surface area contributed by atoms with Gasteiger partial charge in [-0.3, -0.25) is 10.2 Å². The molecule has 1 aliphatic rings. The first-order valence-electron chi connectivity index (χ1n) is 7.56. The SMILES string of the molecule is CC(C)CN1CCN(CCCCCC(=O)NN)CC1. The highest BCUT2D eigenvalue weighted by atomic mass is 16.2. The standard InChI is InChI=1S/C14H30N4O/c1-13(2)12-18-10-8-17(9-11-18)7-5-3-4-6-14(19)16-15/h13H,3-12,15H2,1-2H3,(H,16,19). The van der Waals surface area contributed by atoms with Crippen LogP contribution >= 0.6 is 0 Å². The molecule has 1 amide bonds. The summed E-state index contributed by atoms with van der Waals surface area (Å²) < 4.78 is 0. The van der Waals surface area contributed by atoms with Gasteiger partial charge < -0.3 is 9.80 Å². The molecule has 5 nitrogen and oxygen atoms in total. The van der Waals surface area contributed by atoms with Crippen LogP contribution in [0.2, 0.25) is 0 Å². The van der Waals surface area contributed by atoms with Crippen LogP contribution in [0.15, 0.2) is 0 Å². The van der Waals surface area contributed by atoms with Crippen molar-refractivity contribution in [1.82, 2.24) is 15.2 Å². The molecular weight excluding hydrogens is 240 g/mol. The largest absolute Gasteiger partial charge is 0.301 e. The van der Waals surface area contributed by atoms with Crippen LogP contribution in [0.1, 0.15) is 39.5 Å². The van der Waals surface area contributed by atoms with Gasteiger partial charge in [-0.15, -0.1) is 0 Å². The molecule has 1 aliphatic heterocycles. The van der Waals surface area contributed by atoms with Crippen LogP contribution in [0.5, 0.6) is 0 Å². The number of hydrazine groups is 1. The van der Waals surface area contributed by atoms with Crippen LogP contribution in [0.25, 0.3) is 0 Å². The number of carbonyl (C=O) groups excluding carboxylic acids is 1. The molecule has 1 rings (SSSR count). The summed E-state index contributed by atoms with van der Waals surface area (Å²) in [6, 6.07) is 0. The van der Waals surface area contributed by atoms with Gasteiger partial charge in [0, 0.05) is 39.1 Å². The third-order valence-electron chi connectivity index (χ3n) is 3.63. The minimum Gasteiger partial charge on any atom is -0.301 e. The highest BCUT2D eigenvalue weighted by Gasteiger charge is 2.16. The first kappa shape index (κ1) is 16.4. The number of hydrogen-bond donors (Lipinski definition) is 2. The normalized spacial score (nSPS) is 17.9. The lowest BCUT2D eigenvalue weighted by Crippen LogP contribution is -2.47. The molecule has 0 unspecified atom stereocenters. The van der Waals surface area contributed by atoms with Gasteiger partial charge in [-0.1, -0.05) is 20.3 Å². The zero-order valence-corrected chi connectivity index (χ0v) is 12.5. The fraction of sp³-hybridized carbons (Fsp3) is 0.929. The summed E-state index contributed by atoms with van der Waals surface area (Å²) in [5.74, 6) is 5.75. The van der Waals surface area contributed by atoms with Crippen LogP contribution in [0, 0.1) is 5.92 Å². The Balaban J connectivity index is 1.99. The Bertz CT molecular complexity index is 250. The van der Waals surface area contributed by atoms with Gasteiger partial charge in [-0.05, 0) is 25.3 Å². The smallest absolute Gasteiger partial charge is 0.233 e. The predicted molar refractivity (Wildman–Crippen MR) is 78.5 cm³/mol. The fourth-order valence-electron chi connectivity index (χ4n) is 2.58. The van der Waals surface area contributed by atoms with Crippen molar-refractivity contribution in [2.45, 2.75) is 39.5 Å². The molecule has 19 heavy (non-hydrogen) atoms. The molecule has 0 radical (unpaired) electrons. The molecule has 0 atom stereocenters. The molecular formula is C14H30N4O. The summed E-state index contributed by atoms with van der Waals surface area (Å²) in [4.78, 5) is 16.1. The van der Waals surface area contributed by atoms with Crippen molar-refractivity contribution in [2.75, 3.05) is 39.3 Å². The number of nitrogens with two attached hydrogens (primary N) is 1. The highest BCUT2D eigenvalue weighted by Crippen LogP contribution is 2.07. The van der Waals surface area contributed by atoms with Gasteiger partial charge in [-0.2, -0.15) is 0 Å². The summed E-state index contributed by atoms with van der Waals surface area (Å²) in [5, 5.41) is 0. The zero-order chi connectivity index (χ0) is 14.1. The van der Waals surface area contributed by atoms with Gasteiger partial charge in [0.1, 0.15) is 0 Å². The van der Waals surface area contributed by atoms with Crippen LogP contribution in [-0.2, 0) is 4.79 Å². The number of nitrogens with zero attached hydrogens (tertiary/aromatic N) is 2. The summed E-state index contributed by atoms with van der Waals surface area (Å²) in [5.41, 5.74) is 2.17. The van der Waals surface area contributed by atoms with Gasteiger partial charge in [0.15, 0.2) is 0 Å². The van der Waals surface area contributed by atoms with E-state index in [9.17, 15) is 4.79 Å². The maximum absolute atomic E-state index is 10.9. The topological polar surface area (TPSA) is 61.6 Å². The van der Waals surface area contributed by atoms with Crippen LogP contribution in [0.4, 0.5) is 0 Å². The molecule has 5 heteroatoms. The third kappa shape index (κ3) is 7.50. The van der Waals surface area contributed by atoms with Gasteiger partial charge in [0.25, 0.3) is 0 Å². The lowest BCUT2D eigenvalue weighted by molar-refractivity contribution is -0.121. The molecule has 0 aliphatic carbocycles. The predicted octanol–water partition coefficient (Wildman–Crippen LogP) is 0.810. The number of amides is 1. The third-order valence-corrected chi connectivity index (χ3v) is 3.63. The minimum absolute atomic E-state index is 0.0534. The first-order valence-corrected chi connectivity index (χ1v) is 7.56. The van der Waals surface area contributed by atoms with Crippen LogP contribution in [0.3, 0.4) is 0 Å². The zero-order valence-electron chi connectivity index (χ0n) is 12.5. The van der Waals surface area contributed by atoms with E-state index in [1.807, 2.05) is 0 Å². The highest BCUT2D eigenvalue weighted by molar-refractivity contribution is 5.74. The molecule has 1 heterocycles. The maximum Gasteiger partial charge on any atom is 0.233 e. The van der Waals surface area contributed by atoms with Crippen molar-refractivity contribution in [3.05, 3.63) is 0 Å². The van der Waals surface area contributed by atoms with E-state index in [2.05, 4.69) is 29.1 Å². The second-order valence-corrected chi connectivity index (χ2v) is 5.91.